The van der Waals surface area contributed by atoms with Crippen molar-refractivity contribution in [2.75, 3.05) is 0 Å². The molecule has 0 radical (unpaired) electrons. The van der Waals surface area contributed by atoms with Gasteiger partial charge < -0.3 is 4.57 Å². The van der Waals surface area contributed by atoms with Gasteiger partial charge in [0.05, 0.1) is 22.4 Å². The fraction of sp³-hybridized carbons (Fsp3) is 0.0250. The van der Waals surface area contributed by atoms with Crippen LogP contribution in [0.25, 0.3) is 72.5 Å². The summed E-state index contributed by atoms with van der Waals surface area (Å²) in [4.78, 5) is 14.4. The summed E-state index contributed by atoms with van der Waals surface area (Å²) >= 11 is 0. The molecule has 0 aliphatic rings. The van der Waals surface area contributed by atoms with Gasteiger partial charge in [-0.3, -0.25) is 4.98 Å². The van der Waals surface area contributed by atoms with E-state index < -0.39 is 0 Å². The Balaban J connectivity index is 1.23. The number of rotatable bonds is 5. The van der Waals surface area contributed by atoms with Crippen molar-refractivity contribution in [1.82, 2.24) is 19.5 Å². The minimum atomic E-state index is 0.721. The number of nitrogens with zero attached hydrogens (tertiary/aromatic N) is 4. The number of aryl methyl sites for hydroxylation is 1. The molecule has 4 heteroatoms. The molecule has 3 aromatic heterocycles. The van der Waals surface area contributed by atoms with E-state index in [1.54, 1.807) is 6.20 Å². The molecule has 4 nitrogen and oxygen atoms in total. The second kappa shape index (κ2) is 10.8. The lowest BCUT2D eigenvalue weighted by atomic mass is 10.0. The minimum absolute atomic E-state index is 0.721. The lowest BCUT2D eigenvalue weighted by molar-refractivity contribution is 1.16. The molecule has 0 unspecified atom stereocenters. The normalized spacial score (nSPS) is 11.3. The van der Waals surface area contributed by atoms with Crippen LogP contribution in [0, 0.1) is 6.92 Å². The standard InChI is InChI=1S/C40H28N4/c1-27-9-2-3-11-33(27)40-42-36(29-18-16-28(17-19-29)31-10-8-24-41-26-31)25-37(43-40)30-20-22-32(23-21-30)44-38-14-6-4-12-34(38)35-13-5-7-15-39(35)44/h2-26H,1H3. The van der Waals surface area contributed by atoms with Crippen molar-refractivity contribution < 1.29 is 0 Å². The van der Waals surface area contributed by atoms with E-state index in [0.717, 1.165) is 56.3 Å². The summed E-state index contributed by atoms with van der Waals surface area (Å²) < 4.78 is 2.34. The molecule has 0 aliphatic heterocycles. The lowest BCUT2D eigenvalue weighted by Gasteiger charge is -2.12. The van der Waals surface area contributed by atoms with Crippen molar-refractivity contribution in [2.24, 2.45) is 0 Å². The van der Waals surface area contributed by atoms with Gasteiger partial charge in [-0.15, -0.1) is 0 Å². The number of para-hydroxylation sites is 2. The van der Waals surface area contributed by atoms with Gasteiger partial charge in [0.2, 0.25) is 0 Å². The third kappa shape index (κ3) is 4.54. The van der Waals surface area contributed by atoms with Crippen LogP contribution in [0.1, 0.15) is 5.56 Å². The van der Waals surface area contributed by atoms with Gasteiger partial charge in [-0.25, -0.2) is 9.97 Å². The summed E-state index contributed by atoms with van der Waals surface area (Å²) in [6.07, 6.45) is 3.68. The Hall–Kier alpha value is -5.87. The summed E-state index contributed by atoms with van der Waals surface area (Å²) in [5.74, 6) is 0.721. The van der Waals surface area contributed by atoms with Crippen LogP contribution in [-0.2, 0) is 0 Å². The van der Waals surface area contributed by atoms with Crippen molar-refractivity contribution in [1.29, 1.82) is 0 Å². The molecule has 0 saturated heterocycles. The smallest absolute Gasteiger partial charge is 0.160 e. The third-order valence-corrected chi connectivity index (χ3v) is 8.29. The van der Waals surface area contributed by atoms with Crippen LogP contribution in [0.5, 0.6) is 0 Å². The van der Waals surface area contributed by atoms with E-state index in [9.17, 15) is 0 Å². The van der Waals surface area contributed by atoms with Crippen LogP contribution in [0.15, 0.2) is 152 Å². The van der Waals surface area contributed by atoms with Gasteiger partial charge in [0.1, 0.15) is 0 Å². The molecular formula is C40H28N4. The predicted octanol–water partition coefficient (Wildman–Crippen LogP) is 9.95. The average molecular weight is 565 g/mol. The van der Waals surface area contributed by atoms with Gasteiger partial charge in [-0.1, -0.05) is 103 Å². The van der Waals surface area contributed by atoms with Crippen LogP contribution in [-0.4, -0.2) is 19.5 Å². The molecule has 0 spiro atoms. The van der Waals surface area contributed by atoms with E-state index in [1.807, 2.05) is 24.4 Å². The molecule has 0 amide bonds. The quantitative estimate of drug-likeness (QED) is 0.209. The molecule has 44 heavy (non-hydrogen) atoms. The molecule has 0 fully saturated rings. The summed E-state index contributed by atoms with van der Waals surface area (Å²) in [5, 5.41) is 2.51. The second-order valence-corrected chi connectivity index (χ2v) is 11.0. The first-order valence-electron chi connectivity index (χ1n) is 14.8. The Bertz CT molecular complexity index is 2210. The number of pyridine rings is 1. The Morgan fingerprint density at radius 3 is 1.68 bits per heavy atom. The zero-order valence-corrected chi connectivity index (χ0v) is 24.2. The first kappa shape index (κ1) is 25.8. The number of hydrogen-bond donors (Lipinski definition) is 0. The number of hydrogen-bond acceptors (Lipinski definition) is 3. The fourth-order valence-corrected chi connectivity index (χ4v) is 6.04. The monoisotopic (exact) mass is 564 g/mol. The average Bonchev–Trinajstić information content (AvgIpc) is 3.43. The van der Waals surface area contributed by atoms with Gasteiger partial charge in [0.15, 0.2) is 5.82 Å². The topological polar surface area (TPSA) is 43.6 Å². The lowest BCUT2D eigenvalue weighted by Crippen LogP contribution is -1.98. The van der Waals surface area contributed by atoms with E-state index in [2.05, 4.69) is 138 Å². The van der Waals surface area contributed by atoms with Gasteiger partial charge in [-0.2, -0.15) is 0 Å². The van der Waals surface area contributed by atoms with Crippen LogP contribution in [0.2, 0.25) is 0 Å². The predicted molar refractivity (Wildman–Crippen MR) is 181 cm³/mol. The van der Waals surface area contributed by atoms with E-state index in [4.69, 9.17) is 9.97 Å². The van der Waals surface area contributed by atoms with E-state index in [-0.39, 0.29) is 0 Å². The maximum atomic E-state index is 5.09. The first-order chi connectivity index (χ1) is 21.7. The zero-order chi connectivity index (χ0) is 29.5. The summed E-state index contributed by atoms with van der Waals surface area (Å²) in [6, 6.07) is 48.8. The molecule has 3 heterocycles. The molecule has 0 saturated carbocycles. The Morgan fingerprint density at radius 1 is 0.500 bits per heavy atom. The Kier molecular flexibility index (Phi) is 6.31. The van der Waals surface area contributed by atoms with Crippen LogP contribution >= 0.6 is 0 Å². The highest BCUT2D eigenvalue weighted by Crippen LogP contribution is 2.34. The van der Waals surface area contributed by atoms with Crippen LogP contribution in [0.3, 0.4) is 0 Å². The van der Waals surface area contributed by atoms with E-state index in [1.165, 1.54) is 21.8 Å². The molecule has 0 aliphatic carbocycles. The highest BCUT2D eigenvalue weighted by atomic mass is 15.0. The van der Waals surface area contributed by atoms with Crippen molar-refractivity contribution in [3.05, 3.63) is 157 Å². The fourth-order valence-electron chi connectivity index (χ4n) is 6.04. The molecule has 208 valence electrons. The van der Waals surface area contributed by atoms with Crippen molar-refractivity contribution in [2.45, 2.75) is 6.92 Å². The number of fused-ring (bicyclic) bond motifs is 3. The van der Waals surface area contributed by atoms with Gasteiger partial charge >= 0.3 is 0 Å². The molecule has 8 aromatic rings. The number of benzene rings is 5. The largest absolute Gasteiger partial charge is 0.309 e. The molecule has 8 rings (SSSR count). The van der Waals surface area contributed by atoms with Gasteiger partial charge in [0.25, 0.3) is 0 Å². The van der Waals surface area contributed by atoms with Gasteiger partial charge in [0, 0.05) is 45.5 Å². The third-order valence-electron chi connectivity index (χ3n) is 8.29. The maximum Gasteiger partial charge on any atom is 0.160 e. The van der Waals surface area contributed by atoms with Crippen molar-refractivity contribution >= 4 is 21.8 Å². The summed E-state index contributed by atoms with van der Waals surface area (Å²) in [5.41, 5.74) is 11.8. The van der Waals surface area contributed by atoms with Gasteiger partial charge in [-0.05, 0) is 60.0 Å². The first-order valence-corrected chi connectivity index (χ1v) is 14.8. The maximum absolute atomic E-state index is 5.09. The molecule has 0 atom stereocenters. The van der Waals surface area contributed by atoms with E-state index in [0.29, 0.717) is 0 Å². The van der Waals surface area contributed by atoms with Crippen LogP contribution < -0.4 is 0 Å². The SMILES string of the molecule is Cc1ccccc1-c1nc(-c2ccc(-c3cccnc3)cc2)cc(-c2ccc(-n3c4ccccc4c4ccccc43)cc2)n1. The number of aromatic nitrogens is 4. The highest BCUT2D eigenvalue weighted by Gasteiger charge is 2.14. The molecule has 0 N–H and O–H groups in total. The molecular weight excluding hydrogens is 536 g/mol. The Labute approximate surface area is 256 Å². The summed E-state index contributed by atoms with van der Waals surface area (Å²) in [7, 11) is 0. The molecule has 0 bridgehead atoms. The highest BCUT2D eigenvalue weighted by molar-refractivity contribution is 6.09. The van der Waals surface area contributed by atoms with Crippen molar-refractivity contribution in [3.63, 3.8) is 0 Å². The second-order valence-electron chi connectivity index (χ2n) is 11.0. The van der Waals surface area contributed by atoms with Crippen LogP contribution in [0.4, 0.5) is 0 Å². The van der Waals surface area contributed by atoms with E-state index >= 15 is 0 Å². The molecule has 5 aromatic carbocycles. The minimum Gasteiger partial charge on any atom is -0.309 e. The zero-order valence-electron chi connectivity index (χ0n) is 24.2. The van der Waals surface area contributed by atoms with Crippen molar-refractivity contribution in [3.8, 4) is 50.7 Å². The Morgan fingerprint density at radius 2 is 1.07 bits per heavy atom. The summed E-state index contributed by atoms with van der Waals surface area (Å²) in [6.45, 7) is 2.11.